The Morgan fingerprint density at radius 3 is 2.76 bits per heavy atom. The zero-order chi connectivity index (χ0) is 22.7. The number of piperidine rings is 1. The number of fused-ring (bicyclic) bond motifs is 5. The van der Waals surface area contributed by atoms with Crippen molar-refractivity contribution in [1.82, 2.24) is 24.8 Å². The van der Waals surface area contributed by atoms with Gasteiger partial charge in [-0.15, -0.1) is 0 Å². The largest absolute Gasteiger partial charge is 0.489 e. The topological polar surface area (TPSA) is 71.8 Å². The van der Waals surface area contributed by atoms with E-state index in [0.717, 1.165) is 48.2 Å². The van der Waals surface area contributed by atoms with E-state index in [2.05, 4.69) is 29.2 Å². The van der Waals surface area contributed by atoms with Gasteiger partial charge in [0.1, 0.15) is 17.7 Å². The average Bonchev–Trinajstić information content (AvgIpc) is 3.45. The second kappa shape index (κ2) is 7.80. The fourth-order valence-corrected chi connectivity index (χ4v) is 5.42. The van der Waals surface area contributed by atoms with Crippen molar-refractivity contribution >= 4 is 11.6 Å². The summed E-state index contributed by atoms with van der Waals surface area (Å²) in [6.07, 6.45) is 7.96. The minimum atomic E-state index is -0.397. The third-order valence-corrected chi connectivity index (χ3v) is 7.21. The highest BCUT2D eigenvalue weighted by molar-refractivity contribution is 5.97. The number of aromatic nitrogens is 3. The molecule has 7 nitrogen and oxygen atoms in total. The first-order valence-electron chi connectivity index (χ1n) is 11.8. The summed E-state index contributed by atoms with van der Waals surface area (Å²) in [5.41, 5.74) is 4.13. The van der Waals surface area contributed by atoms with Gasteiger partial charge in [-0.3, -0.25) is 4.79 Å². The van der Waals surface area contributed by atoms with Crippen LogP contribution in [-0.2, 0) is 13.1 Å². The number of hydrogen-bond donors (Lipinski definition) is 1. The number of nitrogens with zero attached hydrogens (tertiary/aromatic N) is 4. The van der Waals surface area contributed by atoms with Crippen molar-refractivity contribution in [3.05, 3.63) is 58.8 Å². The van der Waals surface area contributed by atoms with Crippen LogP contribution in [0.4, 0.5) is 4.39 Å². The second-order valence-corrected chi connectivity index (χ2v) is 9.89. The van der Waals surface area contributed by atoms with Crippen molar-refractivity contribution in [3.8, 4) is 5.75 Å². The van der Waals surface area contributed by atoms with Gasteiger partial charge in [0, 0.05) is 36.1 Å². The van der Waals surface area contributed by atoms with Crippen LogP contribution in [0.1, 0.15) is 72.6 Å². The van der Waals surface area contributed by atoms with Crippen LogP contribution in [0.5, 0.6) is 5.75 Å². The maximum Gasteiger partial charge on any atom is 0.258 e. The van der Waals surface area contributed by atoms with Gasteiger partial charge in [-0.05, 0) is 49.3 Å². The Morgan fingerprint density at radius 1 is 1.21 bits per heavy atom. The molecule has 3 aliphatic heterocycles. The molecule has 0 radical (unpaired) electrons. The predicted molar refractivity (Wildman–Crippen MR) is 121 cm³/mol. The third kappa shape index (κ3) is 3.66. The van der Waals surface area contributed by atoms with Crippen LogP contribution in [0.15, 0.2) is 30.6 Å². The molecule has 0 saturated carbocycles. The number of hydrogen-bond acceptors (Lipinski definition) is 5. The Bertz CT molecular complexity index is 1230. The van der Waals surface area contributed by atoms with E-state index < -0.39 is 5.82 Å². The quantitative estimate of drug-likeness (QED) is 0.656. The second-order valence-electron chi connectivity index (χ2n) is 9.89. The van der Waals surface area contributed by atoms with Gasteiger partial charge in [0.25, 0.3) is 5.91 Å². The van der Waals surface area contributed by atoms with Crippen LogP contribution in [0, 0.1) is 5.82 Å². The molecule has 5 heterocycles. The van der Waals surface area contributed by atoms with Crippen molar-refractivity contribution in [3.63, 3.8) is 0 Å². The molecule has 0 aliphatic carbocycles. The molecule has 8 heteroatoms. The zero-order valence-corrected chi connectivity index (χ0v) is 18.9. The molecule has 1 aromatic carbocycles. The Hall–Kier alpha value is -3.00. The van der Waals surface area contributed by atoms with Crippen molar-refractivity contribution in [2.45, 2.75) is 76.7 Å². The number of rotatable bonds is 4. The average molecular weight is 450 g/mol. The Morgan fingerprint density at radius 2 is 2.00 bits per heavy atom. The first-order chi connectivity index (χ1) is 15.9. The lowest BCUT2D eigenvalue weighted by atomic mass is 10.0. The van der Waals surface area contributed by atoms with Gasteiger partial charge in [-0.2, -0.15) is 5.10 Å². The number of benzene rings is 1. The summed E-state index contributed by atoms with van der Waals surface area (Å²) in [7, 11) is 0. The van der Waals surface area contributed by atoms with Crippen LogP contribution in [-0.4, -0.2) is 43.6 Å². The summed E-state index contributed by atoms with van der Waals surface area (Å²) < 4.78 is 22.2. The summed E-state index contributed by atoms with van der Waals surface area (Å²) in [6, 6.07) is 5.12. The smallest absolute Gasteiger partial charge is 0.258 e. The Balaban J connectivity index is 1.24. The molecule has 2 aromatic heterocycles. The van der Waals surface area contributed by atoms with Crippen LogP contribution in [0.2, 0.25) is 0 Å². The molecule has 3 aromatic rings. The first-order valence-corrected chi connectivity index (χ1v) is 11.8. The van der Waals surface area contributed by atoms with E-state index in [1.165, 1.54) is 12.1 Å². The molecular formula is C25H28FN5O2. The van der Waals surface area contributed by atoms with Gasteiger partial charge in [0.2, 0.25) is 0 Å². The van der Waals surface area contributed by atoms with Gasteiger partial charge in [-0.25, -0.2) is 13.9 Å². The van der Waals surface area contributed by atoms with E-state index in [4.69, 9.17) is 4.74 Å². The number of carbonyl (C=O) groups is 1. The summed E-state index contributed by atoms with van der Waals surface area (Å²) in [5.74, 6) is 0.138. The molecule has 33 heavy (non-hydrogen) atoms. The molecule has 3 aliphatic rings. The van der Waals surface area contributed by atoms with Crippen LogP contribution in [0.25, 0.3) is 5.65 Å². The van der Waals surface area contributed by atoms with Crippen molar-refractivity contribution in [2.75, 3.05) is 0 Å². The summed E-state index contributed by atoms with van der Waals surface area (Å²) in [6.45, 7) is 5.08. The van der Waals surface area contributed by atoms with E-state index in [-0.39, 0.29) is 12.0 Å². The molecule has 0 spiro atoms. The number of nitrogens with one attached hydrogen (secondary N) is 1. The highest BCUT2D eigenvalue weighted by Crippen LogP contribution is 2.33. The van der Waals surface area contributed by atoms with Crippen LogP contribution >= 0.6 is 0 Å². The molecule has 1 amide bonds. The molecule has 2 bridgehead atoms. The third-order valence-electron chi connectivity index (χ3n) is 7.21. The van der Waals surface area contributed by atoms with Gasteiger partial charge in [0.05, 0.1) is 24.3 Å². The molecule has 0 unspecified atom stereocenters. The molecule has 3 atom stereocenters. The molecular weight excluding hydrogens is 421 g/mol. The molecule has 2 fully saturated rings. The Labute approximate surface area is 191 Å². The maximum atomic E-state index is 14.1. The van der Waals surface area contributed by atoms with E-state index in [9.17, 15) is 9.18 Å². The van der Waals surface area contributed by atoms with Crippen LogP contribution in [0.3, 0.4) is 0 Å². The number of amides is 1. The molecule has 6 rings (SSSR count). The molecule has 172 valence electrons. The molecule has 2 saturated heterocycles. The highest BCUT2D eigenvalue weighted by Gasteiger charge is 2.36. The number of halogens is 1. The van der Waals surface area contributed by atoms with Gasteiger partial charge < -0.3 is 15.0 Å². The summed E-state index contributed by atoms with van der Waals surface area (Å²) >= 11 is 0. The summed E-state index contributed by atoms with van der Waals surface area (Å²) in [4.78, 5) is 19.8. The van der Waals surface area contributed by atoms with Crippen molar-refractivity contribution in [1.29, 1.82) is 0 Å². The maximum absolute atomic E-state index is 14.1. The fraction of sp³-hybridized carbons (Fsp3) is 0.480. The predicted octanol–water partition coefficient (Wildman–Crippen LogP) is 3.81. The van der Waals surface area contributed by atoms with Crippen LogP contribution < -0.4 is 10.1 Å². The lowest BCUT2D eigenvalue weighted by molar-refractivity contribution is 0.0737. The van der Waals surface area contributed by atoms with E-state index in [1.807, 2.05) is 16.9 Å². The van der Waals surface area contributed by atoms with Gasteiger partial charge in [0.15, 0.2) is 5.65 Å². The lowest BCUT2D eigenvalue weighted by Crippen LogP contribution is -2.42. The minimum absolute atomic E-state index is 0.00330. The minimum Gasteiger partial charge on any atom is -0.489 e. The number of ether oxygens (including phenoxy) is 1. The standard InChI is InChI=1S/C25H28FN5O2/c1-14(2)15-10-27-24-21-12-30(13-22(21)29-31(24)11-15)25(32)20-6-3-16(26)7-23(20)33-19-8-17-4-5-18(9-19)28-17/h3,6-7,10-11,14,17-19,28H,4-5,8-9,12-13H2,1-2H3/t17-,18+,19+. The van der Waals surface area contributed by atoms with E-state index in [1.54, 1.807) is 11.0 Å². The monoisotopic (exact) mass is 449 g/mol. The summed E-state index contributed by atoms with van der Waals surface area (Å²) in [5, 5.41) is 8.27. The van der Waals surface area contributed by atoms with Crippen molar-refractivity contribution in [2.24, 2.45) is 0 Å². The van der Waals surface area contributed by atoms with Crippen molar-refractivity contribution < 1.29 is 13.9 Å². The fourth-order valence-electron chi connectivity index (χ4n) is 5.42. The highest BCUT2D eigenvalue weighted by atomic mass is 19.1. The van der Waals surface area contributed by atoms with E-state index in [0.29, 0.717) is 42.4 Å². The number of carbonyl (C=O) groups excluding carboxylic acids is 1. The Kier molecular flexibility index (Phi) is 4.87. The molecule has 1 N–H and O–H groups in total. The van der Waals surface area contributed by atoms with E-state index >= 15 is 0 Å². The van der Waals surface area contributed by atoms with Gasteiger partial charge >= 0.3 is 0 Å². The first kappa shape index (κ1) is 20.6. The normalized spacial score (nSPS) is 24.0. The zero-order valence-electron chi connectivity index (χ0n) is 18.9. The lowest BCUT2D eigenvalue weighted by Gasteiger charge is -2.30. The van der Waals surface area contributed by atoms with Gasteiger partial charge in [-0.1, -0.05) is 13.8 Å². The SMILES string of the molecule is CC(C)c1cnc2c3c(nn2c1)CN(C(=O)c1ccc(F)cc1O[C@H]1C[C@H]2CC[C@@H](C1)N2)C3.